The van der Waals surface area contributed by atoms with Crippen LogP contribution in [-0.2, 0) is 16.6 Å². The first-order chi connectivity index (χ1) is 10.9. The normalized spacial score (nSPS) is 16.0. The maximum absolute atomic E-state index is 13.0. The number of hydrogen-bond acceptors (Lipinski definition) is 4. The van der Waals surface area contributed by atoms with Gasteiger partial charge in [-0.25, -0.2) is 17.5 Å². The zero-order chi connectivity index (χ0) is 16.6. The quantitative estimate of drug-likeness (QED) is 0.856. The maximum Gasteiger partial charge on any atom is 0.250 e. The van der Waals surface area contributed by atoms with Crippen LogP contribution < -0.4 is 4.74 Å². The van der Waals surface area contributed by atoms with Gasteiger partial charge in [-0.05, 0) is 24.6 Å². The molecule has 0 amide bonds. The van der Waals surface area contributed by atoms with Crippen LogP contribution in [0.4, 0.5) is 4.39 Å². The minimum absolute atomic E-state index is 0.0636. The van der Waals surface area contributed by atoms with Crippen LogP contribution in [0.3, 0.4) is 0 Å². The molecule has 8 heteroatoms. The van der Waals surface area contributed by atoms with Gasteiger partial charge >= 0.3 is 0 Å². The third-order valence-corrected chi connectivity index (χ3v) is 5.98. The van der Waals surface area contributed by atoms with Crippen molar-refractivity contribution in [2.75, 3.05) is 13.7 Å². The van der Waals surface area contributed by atoms with E-state index in [1.165, 1.54) is 29.7 Å². The molecule has 23 heavy (non-hydrogen) atoms. The van der Waals surface area contributed by atoms with Crippen molar-refractivity contribution in [2.45, 2.75) is 30.8 Å². The molecule has 1 aliphatic heterocycles. The molecule has 2 heterocycles. The highest BCUT2D eigenvalue weighted by Crippen LogP contribution is 2.32. The van der Waals surface area contributed by atoms with Crippen molar-refractivity contribution < 1.29 is 17.5 Å². The lowest BCUT2D eigenvalue weighted by Gasteiger charge is -2.25. The summed E-state index contributed by atoms with van der Waals surface area (Å²) in [6.45, 7) is 2.87. The summed E-state index contributed by atoms with van der Waals surface area (Å²) in [5.74, 6) is -0.0695. The van der Waals surface area contributed by atoms with Gasteiger partial charge in [-0.1, -0.05) is 12.1 Å². The minimum Gasteiger partial charge on any atom is -0.477 e. The molecule has 1 aliphatic rings. The van der Waals surface area contributed by atoms with Gasteiger partial charge in [0.1, 0.15) is 5.82 Å². The standard InChI is InChI=1S/C15H18FN3O3S/c1-11(12-4-6-13(16)7-5-12)18(2)23(20,21)14-10-17-19-8-3-9-22-15(14)19/h4-7,10-11H,3,8-9H2,1-2H3/t11-/m1/s1. The molecule has 0 unspecified atom stereocenters. The predicted octanol–water partition coefficient (Wildman–Crippen LogP) is 2.19. The molecule has 2 aromatic rings. The Bertz CT molecular complexity index is 802. The van der Waals surface area contributed by atoms with Crippen LogP contribution in [0.1, 0.15) is 24.9 Å². The van der Waals surface area contributed by atoms with Gasteiger partial charge in [0.25, 0.3) is 0 Å². The van der Waals surface area contributed by atoms with E-state index in [4.69, 9.17) is 4.74 Å². The van der Waals surface area contributed by atoms with Crippen LogP contribution in [0.5, 0.6) is 5.88 Å². The maximum atomic E-state index is 13.0. The van der Waals surface area contributed by atoms with Gasteiger partial charge in [0.15, 0.2) is 4.90 Å². The van der Waals surface area contributed by atoms with Gasteiger partial charge in [0.05, 0.1) is 12.8 Å². The number of hydrogen-bond donors (Lipinski definition) is 0. The van der Waals surface area contributed by atoms with Gasteiger partial charge in [-0.3, -0.25) is 0 Å². The Labute approximate surface area is 134 Å². The fraction of sp³-hybridized carbons (Fsp3) is 0.400. The van der Waals surface area contributed by atoms with Crippen LogP contribution >= 0.6 is 0 Å². The molecule has 6 nitrogen and oxygen atoms in total. The Kier molecular flexibility index (Phi) is 4.11. The van der Waals surface area contributed by atoms with Crippen molar-refractivity contribution in [3.63, 3.8) is 0 Å². The smallest absolute Gasteiger partial charge is 0.250 e. The molecular formula is C15H18FN3O3S. The fourth-order valence-electron chi connectivity index (χ4n) is 2.54. The first-order valence-corrected chi connectivity index (χ1v) is 8.77. The Morgan fingerprint density at radius 1 is 1.35 bits per heavy atom. The third kappa shape index (κ3) is 2.84. The van der Waals surface area contributed by atoms with Crippen LogP contribution in [0.25, 0.3) is 0 Å². The Morgan fingerprint density at radius 2 is 2.04 bits per heavy atom. The number of halogens is 1. The van der Waals surface area contributed by atoms with E-state index < -0.39 is 16.1 Å². The Balaban J connectivity index is 1.92. The van der Waals surface area contributed by atoms with Gasteiger partial charge in [0.2, 0.25) is 15.9 Å². The number of aryl methyl sites for hydroxylation is 1. The number of ether oxygens (including phenoxy) is 1. The molecular weight excluding hydrogens is 321 g/mol. The summed E-state index contributed by atoms with van der Waals surface area (Å²) in [6.07, 6.45) is 2.12. The average molecular weight is 339 g/mol. The average Bonchev–Trinajstić information content (AvgIpc) is 2.99. The summed E-state index contributed by atoms with van der Waals surface area (Å²) in [6, 6.07) is 5.35. The number of fused-ring (bicyclic) bond motifs is 1. The van der Waals surface area contributed by atoms with Crippen molar-refractivity contribution in [1.29, 1.82) is 0 Å². The second kappa shape index (κ2) is 5.93. The van der Waals surface area contributed by atoms with Crippen molar-refractivity contribution in [2.24, 2.45) is 0 Å². The molecule has 1 atom stereocenters. The predicted molar refractivity (Wildman–Crippen MR) is 82.1 cm³/mol. The zero-order valence-electron chi connectivity index (χ0n) is 12.9. The SMILES string of the molecule is C[C@H](c1ccc(F)cc1)N(C)S(=O)(=O)c1cnn2c1OCCC2. The number of aromatic nitrogens is 2. The van der Waals surface area contributed by atoms with Crippen molar-refractivity contribution in [1.82, 2.24) is 14.1 Å². The van der Waals surface area contributed by atoms with Crippen LogP contribution in [-0.4, -0.2) is 36.2 Å². The second-order valence-corrected chi connectivity index (χ2v) is 7.45. The Morgan fingerprint density at radius 3 is 2.74 bits per heavy atom. The van der Waals surface area contributed by atoms with E-state index >= 15 is 0 Å². The molecule has 0 aliphatic carbocycles. The topological polar surface area (TPSA) is 64.4 Å². The van der Waals surface area contributed by atoms with Crippen LogP contribution in [0, 0.1) is 5.82 Å². The summed E-state index contributed by atoms with van der Waals surface area (Å²) in [7, 11) is -2.27. The van der Waals surface area contributed by atoms with Crippen molar-refractivity contribution >= 4 is 10.0 Å². The first-order valence-electron chi connectivity index (χ1n) is 7.33. The number of nitrogens with zero attached hydrogens (tertiary/aromatic N) is 3. The number of sulfonamides is 1. The highest BCUT2D eigenvalue weighted by Gasteiger charge is 2.32. The van der Waals surface area contributed by atoms with E-state index in [0.29, 0.717) is 18.7 Å². The van der Waals surface area contributed by atoms with Gasteiger partial charge < -0.3 is 4.74 Å². The monoisotopic (exact) mass is 339 g/mol. The van der Waals surface area contributed by atoms with Gasteiger partial charge in [0, 0.05) is 26.1 Å². The summed E-state index contributed by atoms with van der Waals surface area (Å²) in [5, 5.41) is 4.09. The van der Waals surface area contributed by atoms with Crippen LogP contribution in [0.15, 0.2) is 35.4 Å². The molecule has 0 spiro atoms. The lowest BCUT2D eigenvalue weighted by Crippen LogP contribution is -2.30. The van der Waals surface area contributed by atoms with E-state index in [9.17, 15) is 12.8 Å². The zero-order valence-corrected chi connectivity index (χ0v) is 13.8. The molecule has 0 radical (unpaired) electrons. The van der Waals surface area contributed by atoms with Gasteiger partial charge in [-0.15, -0.1) is 0 Å². The number of benzene rings is 1. The fourth-order valence-corrected chi connectivity index (χ4v) is 3.95. The Hall–Kier alpha value is -1.93. The van der Waals surface area contributed by atoms with Crippen LogP contribution in [0.2, 0.25) is 0 Å². The molecule has 0 N–H and O–H groups in total. The molecule has 1 aromatic carbocycles. The van der Waals surface area contributed by atoms with Crippen molar-refractivity contribution in [3.8, 4) is 5.88 Å². The largest absolute Gasteiger partial charge is 0.477 e. The molecule has 1 aromatic heterocycles. The van der Waals surface area contributed by atoms with E-state index in [2.05, 4.69) is 5.10 Å². The molecule has 0 fully saturated rings. The lowest BCUT2D eigenvalue weighted by atomic mass is 10.1. The van der Waals surface area contributed by atoms with Crippen molar-refractivity contribution in [3.05, 3.63) is 41.8 Å². The summed E-state index contributed by atoms with van der Waals surface area (Å²) < 4.78 is 47.1. The number of rotatable bonds is 4. The first kappa shape index (κ1) is 15.9. The van der Waals surface area contributed by atoms with E-state index in [-0.39, 0.29) is 16.6 Å². The summed E-state index contributed by atoms with van der Waals surface area (Å²) in [5.41, 5.74) is 0.708. The van der Waals surface area contributed by atoms with E-state index in [1.807, 2.05) is 0 Å². The lowest BCUT2D eigenvalue weighted by molar-refractivity contribution is 0.223. The van der Waals surface area contributed by atoms with Gasteiger partial charge in [-0.2, -0.15) is 9.40 Å². The highest BCUT2D eigenvalue weighted by atomic mass is 32.2. The highest BCUT2D eigenvalue weighted by molar-refractivity contribution is 7.89. The third-order valence-electron chi connectivity index (χ3n) is 4.07. The van der Waals surface area contributed by atoms with E-state index in [1.54, 1.807) is 23.7 Å². The molecule has 0 saturated heterocycles. The van der Waals surface area contributed by atoms with E-state index in [0.717, 1.165) is 6.42 Å². The molecule has 0 bridgehead atoms. The summed E-state index contributed by atoms with van der Waals surface area (Å²) >= 11 is 0. The summed E-state index contributed by atoms with van der Waals surface area (Å²) in [4.78, 5) is 0.0636. The second-order valence-electron chi connectivity index (χ2n) is 5.49. The molecule has 3 rings (SSSR count). The molecule has 124 valence electrons. The minimum atomic E-state index is -3.76. The molecule has 0 saturated carbocycles.